The fourth-order valence-corrected chi connectivity index (χ4v) is 10.3. The number of fused-ring (bicyclic) bond motifs is 3. The van der Waals surface area contributed by atoms with E-state index in [2.05, 4.69) is 184 Å². The molecular weight excluding hydrogens is 889 g/mol. The molecule has 6 aromatic carbocycles. The summed E-state index contributed by atoms with van der Waals surface area (Å²) in [6.07, 6.45) is 11.9. The first-order valence-electron chi connectivity index (χ1n) is 24.3. The summed E-state index contributed by atoms with van der Waals surface area (Å²) < 4.78 is 0. The lowest BCUT2D eigenvalue weighted by Gasteiger charge is -2.23. The van der Waals surface area contributed by atoms with Crippen molar-refractivity contribution in [3.63, 3.8) is 0 Å². The average molecular weight is 949 g/mol. The van der Waals surface area contributed by atoms with E-state index in [1.165, 1.54) is 50.8 Å². The van der Waals surface area contributed by atoms with Crippen LogP contribution in [0.2, 0.25) is 0 Å². The van der Waals surface area contributed by atoms with Gasteiger partial charge in [0.25, 0.3) is 0 Å². The molecule has 0 radical (unpaired) electrons. The molecule has 3 aliphatic rings. The molecule has 0 fully saturated rings. The van der Waals surface area contributed by atoms with Gasteiger partial charge in [0.1, 0.15) is 0 Å². The molecular formula is C60H60N12. The largest absolute Gasteiger partial charge is 0.347 e. The van der Waals surface area contributed by atoms with Crippen LogP contribution in [-0.2, 0) is 16.2 Å². The molecule has 72 heavy (non-hydrogen) atoms. The summed E-state index contributed by atoms with van der Waals surface area (Å²) in [5.41, 5.74) is 15.6. The van der Waals surface area contributed by atoms with E-state index in [1.54, 1.807) is 0 Å². The number of benzene rings is 6. The number of likely N-dealkylation sites (N-methyl/N-ethyl adjacent to an activating group) is 3. The van der Waals surface area contributed by atoms with Crippen LogP contribution in [-0.4, -0.2) is 54.7 Å². The first kappa shape index (κ1) is 47.1. The number of nitrogens with zero attached hydrogens (tertiary/aromatic N) is 9. The Balaban J connectivity index is 0.854. The summed E-state index contributed by atoms with van der Waals surface area (Å²) in [5.74, 6) is 1.07. The van der Waals surface area contributed by atoms with Gasteiger partial charge in [-0.05, 0) is 126 Å². The number of aromatic nitrogens is 3. The third-order valence-electron chi connectivity index (χ3n) is 14.2. The number of hydrogen-bond donors (Lipinski definition) is 3. The van der Waals surface area contributed by atoms with Crippen LogP contribution in [0, 0.1) is 0 Å². The SMILES string of the molecule is CN1/C(=C\C=Nc2ccc(Nc3nc(Nc4ccc(N=C/C=C5/N(C)c6ccccc6C5(C)C)cc4)nc(Nc4ccc(N=C/C=C5/N(C)c6ccccc6C5(C)C)cc4)n3)cc2)C(C)(C)c2ccccc21. The minimum atomic E-state index is -0.124. The Bertz CT molecular complexity index is 2970. The van der Waals surface area contributed by atoms with Gasteiger partial charge in [-0.2, -0.15) is 15.0 Å². The average Bonchev–Trinajstić information content (AvgIpc) is 3.79. The minimum Gasteiger partial charge on any atom is -0.347 e. The van der Waals surface area contributed by atoms with E-state index in [9.17, 15) is 0 Å². The predicted molar refractivity (Wildman–Crippen MR) is 301 cm³/mol. The maximum absolute atomic E-state index is 4.79. The molecule has 4 heterocycles. The molecule has 1 aromatic heterocycles. The first-order chi connectivity index (χ1) is 34.7. The van der Waals surface area contributed by atoms with E-state index in [0.29, 0.717) is 17.8 Å². The van der Waals surface area contributed by atoms with Gasteiger partial charge in [-0.25, -0.2) is 0 Å². The first-order valence-corrected chi connectivity index (χ1v) is 24.3. The van der Waals surface area contributed by atoms with E-state index in [4.69, 9.17) is 29.9 Å². The molecule has 0 unspecified atom stereocenters. The summed E-state index contributed by atoms with van der Waals surface area (Å²) in [4.78, 5) is 35.4. The summed E-state index contributed by atoms with van der Waals surface area (Å²) in [6, 6.07) is 49.2. The molecule has 0 saturated heterocycles. The molecule has 0 bridgehead atoms. The zero-order valence-electron chi connectivity index (χ0n) is 42.3. The third kappa shape index (κ3) is 9.14. The second-order valence-electron chi connectivity index (χ2n) is 19.9. The minimum absolute atomic E-state index is 0.124. The van der Waals surface area contributed by atoms with Crippen LogP contribution in [0.4, 0.5) is 69.0 Å². The Labute approximate surface area is 423 Å². The van der Waals surface area contributed by atoms with Crippen molar-refractivity contribution in [3.05, 3.63) is 198 Å². The number of aliphatic imine (C=N–C) groups is 3. The van der Waals surface area contributed by atoms with E-state index in [0.717, 1.165) is 34.1 Å². The van der Waals surface area contributed by atoms with E-state index >= 15 is 0 Å². The molecule has 0 spiro atoms. The van der Waals surface area contributed by atoms with Crippen molar-refractivity contribution in [3.8, 4) is 0 Å². The molecule has 360 valence electrons. The highest BCUT2D eigenvalue weighted by Gasteiger charge is 2.40. The molecule has 0 saturated carbocycles. The summed E-state index contributed by atoms with van der Waals surface area (Å²) >= 11 is 0. The lowest BCUT2D eigenvalue weighted by atomic mass is 9.84. The maximum atomic E-state index is 4.79. The zero-order chi connectivity index (χ0) is 50.2. The third-order valence-corrected chi connectivity index (χ3v) is 14.2. The topological polar surface area (TPSA) is 122 Å². The zero-order valence-corrected chi connectivity index (χ0v) is 42.3. The Hall–Kier alpha value is -8.64. The second-order valence-corrected chi connectivity index (χ2v) is 19.9. The van der Waals surface area contributed by atoms with Gasteiger partial charge in [-0.15, -0.1) is 0 Å². The van der Waals surface area contributed by atoms with E-state index in [1.807, 2.05) is 91.4 Å². The van der Waals surface area contributed by atoms with Crippen LogP contribution in [0.15, 0.2) is 196 Å². The predicted octanol–water partition coefficient (Wildman–Crippen LogP) is 14.1. The van der Waals surface area contributed by atoms with Gasteiger partial charge < -0.3 is 30.7 Å². The number of rotatable bonds is 12. The Morgan fingerprint density at radius 3 is 0.861 bits per heavy atom. The number of anilines is 9. The number of para-hydroxylation sites is 3. The molecule has 3 N–H and O–H groups in total. The van der Waals surface area contributed by atoms with Gasteiger partial charge in [-0.1, -0.05) is 96.1 Å². The van der Waals surface area contributed by atoms with Crippen molar-refractivity contribution in [2.75, 3.05) is 51.8 Å². The molecule has 12 nitrogen and oxygen atoms in total. The summed E-state index contributed by atoms with van der Waals surface area (Å²) in [5, 5.41) is 10.1. The second kappa shape index (κ2) is 18.9. The van der Waals surface area contributed by atoms with Gasteiger partial charge in [-0.3, -0.25) is 15.0 Å². The highest BCUT2D eigenvalue weighted by molar-refractivity contribution is 5.83. The smallest absolute Gasteiger partial charge is 0.233 e. The number of allylic oxidation sites excluding steroid dienone is 6. The van der Waals surface area contributed by atoms with Crippen LogP contribution >= 0.6 is 0 Å². The van der Waals surface area contributed by atoms with Crippen LogP contribution in [0.25, 0.3) is 0 Å². The standard InChI is InChI=1S/C60H60N12/c1-58(2)46-16-10-13-19-49(46)70(7)52(58)34-37-61-40-22-28-43(29-23-40)64-55-67-56(65-44-30-24-41(25-31-44)62-38-35-53-59(3,4)47-17-11-14-20-50(47)71(53)8)69-57(68-55)66-45-32-26-42(27-33-45)63-39-36-54-60(5,6)48-18-12-15-21-51(48)72(54)9/h10-39H,1-9H3,(H3,64,65,66,67,68,69)/b52-34-,53-35+,54-36+,61-37?,62-38?,63-39?. The van der Waals surface area contributed by atoms with Crippen molar-refractivity contribution >= 4 is 87.7 Å². The monoisotopic (exact) mass is 949 g/mol. The van der Waals surface area contributed by atoms with Crippen molar-refractivity contribution in [1.82, 2.24) is 15.0 Å². The van der Waals surface area contributed by atoms with E-state index in [-0.39, 0.29) is 16.2 Å². The summed E-state index contributed by atoms with van der Waals surface area (Å²) in [7, 11) is 6.33. The molecule has 0 atom stereocenters. The number of nitrogens with one attached hydrogen (secondary N) is 3. The van der Waals surface area contributed by atoms with Gasteiger partial charge in [0.2, 0.25) is 17.8 Å². The molecule has 12 heteroatoms. The van der Waals surface area contributed by atoms with Crippen molar-refractivity contribution < 1.29 is 0 Å². The lowest BCUT2D eigenvalue weighted by Crippen LogP contribution is -2.23. The molecule has 0 amide bonds. The fourth-order valence-electron chi connectivity index (χ4n) is 10.3. The van der Waals surface area contributed by atoms with Gasteiger partial charge in [0.05, 0.1) is 17.1 Å². The van der Waals surface area contributed by atoms with Gasteiger partial charge in [0.15, 0.2) is 0 Å². The normalized spacial score (nSPS) is 18.0. The van der Waals surface area contributed by atoms with Gasteiger partial charge >= 0.3 is 0 Å². The van der Waals surface area contributed by atoms with Crippen LogP contribution in [0.5, 0.6) is 0 Å². The van der Waals surface area contributed by atoms with Crippen LogP contribution in [0.1, 0.15) is 58.2 Å². The molecule has 3 aliphatic heterocycles. The molecule has 7 aromatic rings. The van der Waals surface area contributed by atoms with Crippen molar-refractivity contribution in [2.45, 2.75) is 57.8 Å². The fraction of sp³-hybridized carbons (Fsp3) is 0.200. The molecule has 10 rings (SSSR count). The lowest BCUT2D eigenvalue weighted by molar-refractivity contribution is 0.641. The van der Waals surface area contributed by atoms with Crippen molar-refractivity contribution in [2.24, 2.45) is 15.0 Å². The Morgan fingerprint density at radius 2 is 0.611 bits per heavy atom. The quantitative estimate of drug-likeness (QED) is 0.103. The molecule has 0 aliphatic carbocycles. The van der Waals surface area contributed by atoms with Gasteiger partial charge in [0, 0.05) is 107 Å². The van der Waals surface area contributed by atoms with E-state index < -0.39 is 0 Å². The number of hydrogen-bond acceptors (Lipinski definition) is 12. The highest BCUT2D eigenvalue weighted by atomic mass is 15.3. The Kier molecular flexibility index (Phi) is 12.4. The van der Waals surface area contributed by atoms with Crippen LogP contribution in [0.3, 0.4) is 0 Å². The highest BCUT2D eigenvalue weighted by Crippen LogP contribution is 2.48. The van der Waals surface area contributed by atoms with Crippen molar-refractivity contribution in [1.29, 1.82) is 0 Å². The van der Waals surface area contributed by atoms with Crippen LogP contribution < -0.4 is 30.7 Å². The maximum Gasteiger partial charge on any atom is 0.233 e. The summed E-state index contributed by atoms with van der Waals surface area (Å²) in [6.45, 7) is 13.5. The Morgan fingerprint density at radius 1 is 0.361 bits per heavy atom.